The predicted octanol–water partition coefficient (Wildman–Crippen LogP) is 0.533. The lowest BCUT2D eigenvalue weighted by Gasteiger charge is -2.08. The van der Waals surface area contributed by atoms with Crippen LogP contribution in [0, 0.1) is 0 Å². The van der Waals surface area contributed by atoms with Crippen molar-refractivity contribution in [3.63, 3.8) is 0 Å². The molecule has 1 heterocycles. The lowest BCUT2D eigenvalue weighted by Crippen LogP contribution is -2.15. The minimum atomic E-state index is -0.927. The number of aryl methyl sites for hydroxylation is 1. The number of carboxylic acids is 1. The van der Waals surface area contributed by atoms with Crippen molar-refractivity contribution in [1.29, 1.82) is 0 Å². The van der Waals surface area contributed by atoms with Gasteiger partial charge in [0.2, 0.25) is 0 Å². The Labute approximate surface area is 82.9 Å². The van der Waals surface area contributed by atoms with Crippen molar-refractivity contribution in [1.82, 2.24) is 14.7 Å². The van der Waals surface area contributed by atoms with E-state index in [2.05, 4.69) is 10.00 Å². The molecule has 14 heavy (non-hydrogen) atoms. The lowest BCUT2D eigenvalue weighted by molar-refractivity contribution is 0.0697. The molecule has 0 bridgehead atoms. The first-order valence-corrected chi connectivity index (χ1v) is 4.50. The van der Waals surface area contributed by atoms with Crippen molar-refractivity contribution < 1.29 is 9.90 Å². The zero-order chi connectivity index (χ0) is 10.6. The average molecular weight is 197 g/mol. The first-order valence-electron chi connectivity index (χ1n) is 4.50. The number of hydrogen-bond donors (Lipinski definition) is 1. The maximum absolute atomic E-state index is 10.5. The molecule has 0 aromatic carbocycles. The maximum Gasteiger partial charge on any atom is 0.338 e. The summed E-state index contributed by atoms with van der Waals surface area (Å²) >= 11 is 0. The third kappa shape index (κ3) is 3.18. The molecule has 0 aliphatic heterocycles. The Morgan fingerprint density at radius 2 is 2.36 bits per heavy atom. The summed E-state index contributed by atoms with van der Waals surface area (Å²) in [6.07, 6.45) is 3.89. The van der Waals surface area contributed by atoms with E-state index in [1.165, 1.54) is 6.20 Å². The fourth-order valence-corrected chi connectivity index (χ4v) is 1.15. The molecule has 0 fully saturated rings. The minimum absolute atomic E-state index is 0.245. The summed E-state index contributed by atoms with van der Waals surface area (Å²) in [4.78, 5) is 12.6. The van der Waals surface area contributed by atoms with Gasteiger partial charge in [0.25, 0.3) is 0 Å². The number of carbonyl (C=O) groups is 1. The van der Waals surface area contributed by atoms with E-state index in [1.54, 1.807) is 10.9 Å². The highest BCUT2D eigenvalue weighted by Crippen LogP contribution is 1.98. The van der Waals surface area contributed by atoms with Crippen LogP contribution >= 0.6 is 0 Å². The zero-order valence-electron chi connectivity index (χ0n) is 8.47. The summed E-state index contributed by atoms with van der Waals surface area (Å²) in [5, 5.41) is 12.6. The van der Waals surface area contributed by atoms with Gasteiger partial charge in [0.05, 0.1) is 11.8 Å². The van der Waals surface area contributed by atoms with E-state index < -0.39 is 5.97 Å². The molecular formula is C9H15N3O2. The van der Waals surface area contributed by atoms with Crippen LogP contribution in [0.4, 0.5) is 0 Å². The topological polar surface area (TPSA) is 58.4 Å². The van der Waals surface area contributed by atoms with Gasteiger partial charge >= 0.3 is 5.97 Å². The number of hydrogen-bond acceptors (Lipinski definition) is 3. The number of carboxylic acid groups (broad SMARTS) is 1. The van der Waals surface area contributed by atoms with Crippen LogP contribution in [0.15, 0.2) is 12.4 Å². The van der Waals surface area contributed by atoms with Crippen LogP contribution in [0.25, 0.3) is 0 Å². The van der Waals surface area contributed by atoms with E-state index in [0.29, 0.717) is 0 Å². The molecule has 1 aromatic rings. The van der Waals surface area contributed by atoms with Gasteiger partial charge in [0.15, 0.2) is 0 Å². The number of aromatic nitrogens is 2. The second-order valence-corrected chi connectivity index (χ2v) is 3.45. The van der Waals surface area contributed by atoms with E-state index in [9.17, 15) is 4.79 Å². The van der Waals surface area contributed by atoms with Crippen LogP contribution < -0.4 is 0 Å². The summed E-state index contributed by atoms with van der Waals surface area (Å²) in [6, 6.07) is 0. The highest BCUT2D eigenvalue weighted by atomic mass is 16.4. The van der Waals surface area contributed by atoms with Gasteiger partial charge in [0, 0.05) is 12.7 Å². The molecule has 5 nitrogen and oxygen atoms in total. The first kappa shape index (κ1) is 10.7. The van der Waals surface area contributed by atoms with Gasteiger partial charge in [-0.05, 0) is 27.1 Å². The zero-order valence-corrected chi connectivity index (χ0v) is 8.47. The Bertz CT molecular complexity index is 307. The quantitative estimate of drug-likeness (QED) is 0.748. The van der Waals surface area contributed by atoms with Crippen molar-refractivity contribution >= 4 is 5.97 Å². The highest BCUT2D eigenvalue weighted by molar-refractivity contribution is 5.86. The van der Waals surface area contributed by atoms with E-state index in [1.807, 2.05) is 14.1 Å². The Hall–Kier alpha value is -1.36. The van der Waals surface area contributed by atoms with E-state index in [0.717, 1.165) is 19.5 Å². The van der Waals surface area contributed by atoms with E-state index >= 15 is 0 Å². The number of aromatic carboxylic acids is 1. The monoisotopic (exact) mass is 197 g/mol. The molecule has 0 saturated heterocycles. The smallest absolute Gasteiger partial charge is 0.338 e. The average Bonchev–Trinajstić information content (AvgIpc) is 2.52. The number of rotatable bonds is 5. The Morgan fingerprint density at radius 1 is 1.64 bits per heavy atom. The fraction of sp³-hybridized carbons (Fsp3) is 0.556. The largest absolute Gasteiger partial charge is 0.478 e. The molecule has 0 aliphatic rings. The highest BCUT2D eigenvalue weighted by Gasteiger charge is 2.05. The lowest BCUT2D eigenvalue weighted by atomic mass is 10.4. The molecule has 0 amide bonds. The molecule has 0 saturated carbocycles. The van der Waals surface area contributed by atoms with Crippen LogP contribution in [-0.4, -0.2) is 46.4 Å². The van der Waals surface area contributed by atoms with Crippen LogP contribution in [0.2, 0.25) is 0 Å². The Balaban J connectivity index is 2.40. The van der Waals surface area contributed by atoms with Crippen LogP contribution in [0.3, 0.4) is 0 Å². The third-order valence-electron chi connectivity index (χ3n) is 1.87. The molecule has 0 spiro atoms. The third-order valence-corrected chi connectivity index (χ3v) is 1.87. The van der Waals surface area contributed by atoms with Crippen LogP contribution in [-0.2, 0) is 6.54 Å². The summed E-state index contributed by atoms with van der Waals surface area (Å²) in [7, 11) is 4.01. The summed E-state index contributed by atoms with van der Waals surface area (Å²) in [5.74, 6) is -0.927. The van der Waals surface area contributed by atoms with Gasteiger partial charge in [0.1, 0.15) is 0 Å². The Morgan fingerprint density at radius 3 is 2.86 bits per heavy atom. The van der Waals surface area contributed by atoms with Crippen LogP contribution in [0.5, 0.6) is 0 Å². The molecule has 0 atom stereocenters. The molecule has 0 unspecified atom stereocenters. The molecule has 1 aromatic heterocycles. The summed E-state index contributed by atoms with van der Waals surface area (Å²) < 4.78 is 1.66. The molecule has 5 heteroatoms. The van der Waals surface area contributed by atoms with Gasteiger partial charge in [-0.2, -0.15) is 5.10 Å². The van der Waals surface area contributed by atoms with Gasteiger partial charge < -0.3 is 10.0 Å². The summed E-state index contributed by atoms with van der Waals surface area (Å²) in [5.41, 5.74) is 0.245. The SMILES string of the molecule is CN(C)CCCn1cc(C(=O)O)cn1. The van der Waals surface area contributed by atoms with Crippen molar-refractivity contribution in [2.45, 2.75) is 13.0 Å². The van der Waals surface area contributed by atoms with Crippen molar-refractivity contribution in [3.05, 3.63) is 18.0 Å². The van der Waals surface area contributed by atoms with E-state index in [4.69, 9.17) is 5.11 Å². The predicted molar refractivity (Wildman–Crippen MR) is 52.4 cm³/mol. The van der Waals surface area contributed by atoms with Gasteiger partial charge in [-0.15, -0.1) is 0 Å². The molecule has 0 radical (unpaired) electrons. The molecule has 1 rings (SSSR count). The summed E-state index contributed by atoms with van der Waals surface area (Å²) in [6.45, 7) is 1.73. The van der Waals surface area contributed by atoms with Crippen molar-refractivity contribution in [2.24, 2.45) is 0 Å². The fourth-order valence-electron chi connectivity index (χ4n) is 1.15. The van der Waals surface area contributed by atoms with Gasteiger partial charge in [-0.3, -0.25) is 4.68 Å². The molecule has 1 N–H and O–H groups in total. The van der Waals surface area contributed by atoms with E-state index in [-0.39, 0.29) is 5.56 Å². The minimum Gasteiger partial charge on any atom is -0.478 e. The van der Waals surface area contributed by atoms with Crippen LogP contribution in [0.1, 0.15) is 16.8 Å². The maximum atomic E-state index is 10.5. The number of nitrogens with zero attached hydrogens (tertiary/aromatic N) is 3. The second-order valence-electron chi connectivity index (χ2n) is 3.45. The Kier molecular flexibility index (Phi) is 3.64. The second kappa shape index (κ2) is 4.76. The van der Waals surface area contributed by atoms with Gasteiger partial charge in [-0.25, -0.2) is 4.79 Å². The van der Waals surface area contributed by atoms with Gasteiger partial charge in [-0.1, -0.05) is 0 Å². The standard InChI is InChI=1S/C9H15N3O2/c1-11(2)4-3-5-12-7-8(6-10-12)9(13)14/h6-7H,3-5H2,1-2H3,(H,13,14). The normalized spacial score (nSPS) is 10.8. The molecular weight excluding hydrogens is 182 g/mol. The molecule has 78 valence electrons. The van der Waals surface area contributed by atoms with Crippen molar-refractivity contribution in [2.75, 3.05) is 20.6 Å². The first-order chi connectivity index (χ1) is 6.59. The molecule has 0 aliphatic carbocycles. The van der Waals surface area contributed by atoms with Crippen molar-refractivity contribution in [3.8, 4) is 0 Å².